The molecule has 0 amide bonds. The first-order chi connectivity index (χ1) is 14.9. The van der Waals surface area contributed by atoms with Crippen molar-refractivity contribution in [2.45, 2.75) is 37.5 Å². The molecule has 174 valence electrons. The van der Waals surface area contributed by atoms with E-state index in [0.29, 0.717) is 11.3 Å². The van der Waals surface area contributed by atoms with Gasteiger partial charge >= 0.3 is 6.18 Å². The Labute approximate surface area is 182 Å². The molecule has 3 heterocycles. The largest absolute Gasteiger partial charge is 0.420 e. The van der Waals surface area contributed by atoms with E-state index in [1.165, 1.54) is 17.2 Å². The van der Waals surface area contributed by atoms with E-state index < -0.39 is 46.1 Å². The molecule has 0 spiro atoms. The molecule has 2 aromatic rings. The van der Waals surface area contributed by atoms with Crippen LogP contribution in [0.15, 0.2) is 36.2 Å². The van der Waals surface area contributed by atoms with Gasteiger partial charge in [0.1, 0.15) is 17.7 Å². The average molecular weight is 496 g/mol. The first-order valence-electron chi connectivity index (χ1n) is 9.26. The number of rotatable bonds is 4. The Bertz CT molecular complexity index is 1160. The van der Waals surface area contributed by atoms with E-state index in [1.54, 1.807) is 0 Å². The number of ether oxygens (including phenoxy) is 1. The summed E-state index contributed by atoms with van der Waals surface area (Å²) < 4.78 is 99.2. The van der Waals surface area contributed by atoms with Crippen LogP contribution in [-0.2, 0) is 27.8 Å². The van der Waals surface area contributed by atoms with E-state index in [9.17, 15) is 30.4 Å². The smallest absolute Gasteiger partial charge is 0.362 e. The zero-order valence-corrected chi connectivity index (χ0v) is 18.4. The van der Waals surface area contributed by atoms with Crippen molar-refractivity contribution in [3.05, 3.63) is 64.6 Å². The lowest BCUT2D eigenvalue weighted by molar-refractivity contribution is -0.232. The Morgan fingerprint density at radius 2 is 1.97 bits per heavy atom. The highest BCUT2D eigenvalue weighted by Crippen LogP contribution is 2.42. The highest BCUT2D eigenvalue weighted by Gasteiger charge is 2.51. The summed E-state index contributed by atoms with van der Waals surface area (Å²) in [6.07, 6.45) is -5.21. The summed E-state index contributed by atoms with van der Waals surface area (Å²) >= 11 is 0. The van der Waals surface area contributed by atoms with Gasteiger partial charge in [0.2, 0.25) is 0 Å². The number of aromatic nitrogens is 2. The van der Waals surface area contributed by atoms with Crippen molar-refractivity contribution in [2.24, 2.45) is 0 Å². The Morgan fingerprint density at radius 1 is 1.25 bits per heavy atom. The average Bonchev–Trinajstić information content (AvgIpc) is 3.27. The van der Waals surface area contributed by atoms with Gasteiger partial charge in [0.15, 0.2) is 6.10 Å². The maximum absolute atomic E-state index is 14.3. The van der Waals surface area contributed by atoms with Gasteiger partial charge in [0.25, 0.3) is 10.0 Å². The Hall–Kier alpha value is -2.08. The molecule has 1 aromatic heterocycles. The Morgan fingerprint density at radius 3 is 2.56 bits per heavy atom. The lowest BCUT2D eigenvalue weighted by Crippen LogP contribution is -2.47. The van der Waals surface area contributed by atoms with Crippen molar-refractivity contribution in [1.82, 2.24) is 19.2 Å². The monoisotopic (exact) mass is 496 g/mol. The van der Waals surface area contributed by atoms with Crippen LogP contribution in [0.5, 0.6) is 0 Å². The van der Waals surface area contributed by atoms with Gasteiger partial charge < -0.3 is 9.64 Å². The van der Waals surface area contributed by atoms with Gasteiger partial charge in [-0.1, -0.05) is 9.39 Å². The van der Waals surface area contributed by atoms with E-state index in [1.807, 2.05) is 0 Å². The normalized spacial score (nSPS) is 23.9. The van der Waals surface area contributed by atoms with Crippen molar-refractivity contribution >= 4 is 19.4 Å². The first kappa shape index (κ1) is 23.1. The molecule has 4 rings (SSSR count). The van der Waals surface area contributed by atoms with Crippen molar-refractivity contribution in [3.63, 3.8) is 0 Å². The molecular formula is C18H18F5N4O3PS. The molecule has 0 saturated heterocycles. The molecule has 0 fully saturated rings. The number of halogens is 5. The molecule has 14 heteroatoms. The minimum absolute atomic E-state index is 0.0187. The van der Waals surface area contributed by atoms with Gasteiger partial charge in [-0.3, -0.25) is 5.09 Å². The second kappa shape index (κ2) is 8.05. The highest BCUT2D eigenvalue weighted by molar-refractivity contribution is 7.89. The molecular weight excluding hydrogens is 478 g/mol. The molecule has 0 radical (unpaired) electrons. The van der Waals surface area contributed by atoms with Crippen molar-refractivity contribution in [3.8, 4) is 0 Å². The number of benzene rings is 1. The van der Waals surface area contributed by atoms with E-state index in [-0.39, 0.29) is 24.4 Å². The molecule has 7 nitrogen and oxygen atoms in total. The van der Waals surface area contributed by atoms with Crippen LogP contribution in [-0.4, -0.2) is 47.1 Å². The van der Waals surface area contributed by atoms with E-state index >= 15 is 0 Å². The third-order valence-electron chi connectivity index (χ3n) is 5.25. The molecule has 2 aliphatic heterocycles. The molecule has 4 atom stereocenters. The fourth-order valence-electron chi connectivity index (χ4n) is 3.79. The number of hydrogen-bond acceptors (Lipinski definition) is 6. The number of nitrogens with zero attached hydrogens (tertiary/aromatic N) is 3. The number of nitrogens with one attached hydrogen (secondary N) is 1. The third kappa shape index (κ3) is 4.26. The van der Waals surface area contributed by atoms with Crippen LogP contribution >= 0.6 is 9.39 Å². The fourth-order valence-corrected chi connectivity index (χ4v) is 4.63. The summed E-state index contributed by atoms with van der Waals surface area (Å²) in [6.45, 7) is -0.0859. The van der Waals surface area contributed by atoms with Gasteiger partial charge in [0.05, 0.1) is 30.2 Å². The Kier molecular flexibility index (Phi) is 5.81. The maximum Gasteiger partial charge on any atom is 0.420 e. The second-order valence-electron chi connectivity index (χ2n) is 7.52. The second-order valence-corrected chi connectivity index (χ2v) is 9.69. The summed E-state index contributed by atoms with van der Waals surface area (Å²) in [7, 11) is -1.49. The quantitative estimate of drug-likeness (QED) is 0.518. The van der Waals surface area contributed by atoms with Crippen LogP contribution in [0.4, 0.5) is 22.0 Å². The predicted octanol–water partition coefficient (Wildman–Crippen LogP) is 2.62. The van der Waals surface area contributed by atoms with Crippen LogP contribution in [0.3, 0.4) is 0 Å². The van der Waals surface area contributed by atoms with Crippen molar-refractivity contribution in [1.29, 1.82) is 0 Å². The summed E-state index contributed by atoms with van der Waals surface area (Å²) in [4.78, 5) is 1.37. The van der Waals surface area contributed by atoms with E-state index in [0.717, 1.165) is 28.5 Å². The van der Waals surface area contributed by atoms with Crippen LogP contribution < -0.4 is 5.09 Å². The van der Waals surface area contributed by atoms with Gasteiger partial charge in [-0.05, 0) is 24.3 Å². The number of fused-ring (bicyclic) bond motifs is 1. The van der Waals surface area contributed by atoms with Crippen LogP contribution in [0, 0.1) is 11.6 Å². The van der Waals surface area contributed by atoms with Crippen molar-refractivity contribution in [2.75, 3.05) is 6.26 Å². The van der Waals surface area contributed by atoms with E-state index in [2.05, 4.69) is 19.6 Å². The van der Waals surface area contributed by atoms with E-state index in [4.69, 9.17) is 4.74 Å². The minimum atomic E-state index is -4.84. The molecule has 2 aliphatic rings. The molecule has 1 N–H and O–H groups in total. The summed E-state index contributed by atoms with van der Waals surface area (Å²) in [6, 6.07) is 1.58. The number of hydrogen-bond donors (Lipinski definition) is 1. The topological polar surface area (TPSA) is 76.5 Å². The summed E-state index contributed by atoms with van der Waals surface area (Å²) in [5, 5.41) is 6.65. The zero-order chi connectivity index (χ0) is 23.4. The first-order valence-corrected chi connectivity index (χ1v) is 11.7. The zero-order valence-electron chi connectivity index (χ0n) is 16.5. The lowest BCUT2D eigenvalue weighted by Gasteiger charge is -2.40. The van der Waals surface area contributed by atoms with Crippen LogP contribution in [0.1, 0.15) is 22.9 Å². The summed E-state index contributed by atoms with van der Waals surface area (Å²) in [5.41, 5.74) is 0.218. The molecule has 0 bridgehead atoms. The summed E-state index contributed by atoms with van der Waals surface area (Å²) in [5.74, 6) is -1.70. The van der Waals surface area contributed by atoms with Crippen LogP contribution in [0.2, 0.25) is 0 Å². The fraction of sp³-hybridized carbons (Fsp3) is 0.389. The van der Waals surface area contributed by atoms with Gasteiger partial charge in [-0.2, -0.15) is 22.4 Å². The van der Waals surface area contributed by atoms with Gasteiger partial charge in [0, 0.05) is 23.9 Å². The predicted molar refractivity (Wildman–Crippen MR) is 106 cm³/mol. The molecule has 1 aromatic carbocycles. The van der Waals surface area contributed by atoms with Gasteiger partial charge in [-0.15, -0.1) is 0 Å². The minimum Gasteiger partial charge on any atom is -0.362 e. The van der Waals surface area contributed by atoms with Crippen molar-refractivity contribution < 1.29 is 35.1 Å². The maximum atomic E-state index is 14.3. The standard InChI is InChI=1S/C18H18F5N4O3PS/c1-32(28,29)27-7-9-6-26(8-14(9)24-27)15-5-13(25-31)16(30-17(15)18(21,22)23)11-4-10(19)2-3-12(11)20/h2-5,7,13,16-17,25H,6,8,31H2,1H3/t13-,16+,17-/m0/s1. The van der Waals surface area contributed by atoms with Crippen LogP contribution in [0.25, 0.3) is 0 Å². The highest BCUT2D eigenvalue weighted by atomic mass is 32.2. The Balaban J connectivity index is 1.70. The number of alkyl halides is 3. The molecule has 0 saturated carbocycles. The molecule has 32 heavy (non-hydrogen) atoms. The van der Waals surface area contributed by atoms with Gasteiger partial charge in [-0.25, -0.2) is 17.2 Å². The lowest BCUT2D eigenvalue weighted by atomic mass is 9.96. The molecule has 1 unspecified atom stereocenters. The molecule has 0 aliphatic carbocycles. The third-order valence-corrected chi connectivity index (χ3v) is 6.50. The SMILES string of the molecule is CS(=O)(=O)n1cc2c(n1)CN(C1=C[C@H](NP)[C@@H](c3cc(F)ccc3F)O[C@@H]1C(F)(F)F)C2.